The van der Waals surface area contributed by atoms with Crippen molar-refractivity contribution in [1.29, 1.82) is 0 Å². The average molecular weight is 312 g/mol. The summed E-state index contributed by atoms with van der Waals surface area (Å²) < 4.78 is 5.45. The topological polar surface area (TPSA) is 87.0 Å². The van der Waals surface area contributed by atoms with Crippen LogP contribution < -0.4 is 0 Å². The Morgan fingerprint density at radius 2 is 2.33 bits per heavy atom. The molecule has 1 heterocycles. The minimum Gasteiger partial charge on any atom is -0.493 e. The van der Waals surface area contributed by atoms with Gasteiger partial charge in [0.25, 0.3) is 0 Å². The summed E-state index contributed by atoms with van der Waals surface area (Å²) >= 11 is 3.32. The zero-order valence-corrected chi connectivity index (χ0v) is 11.1. The quantitative estimate of drug-likeness (QED) is 0.825. The molecular formula is C11H10BrN3O3. The van der Waals surface area contributed by atoms with E-state index < -0.39 is 6.09 Å². The molecule has 0 fully saturated rings. The fraction of sp³-hybridized carbons (Fsp3) is 0.182. The van der Waals surface area contributed by atoms with Crippen LogP contribution in [0.25, 0.3) is 10.9 Å². The van der Waals surface area contributed by atoms with Gasteiger partial charge in [-0.25, -0.2) is 4.79 Å². The summed E-state index contributed by atoms with van der Waals surface area (Å²) in [5, 5.41) is 17.4. The lowest BCUT2D eigenvalue weighted by Gasteiger charge is -1.94. The largest absolute Gasteiger partial charge is 0.493 e. The van der Waals surface area contributed by atoms with Gasteiger partial charge in [0.1, 0.15) is 0 Å². The molecule has 0 radical (unpaired) electrons. The number of nitrogens with zero attached hydrogens (tertiary/aromatic N) is 2. The van der Waals surface area contributed by atoms with Gasteiger partial charge in [-0.15, -0.1) is 5.11 Å². The van der Waals surface area contributed by atoms with Crippen LogP contribution in [0.15, 0.2) is 32.9 Å². The summed E-state index contributed by atoms with van der Waals surface area (Å²) in [7, 11) is 0. The van der Waals surface area contributed by atoms with Gasteiger partial charge in [-0.2, -0.15) is 0 Å². The zero-order valence-electron chi connectivity index (χ0n) is 9.48. The molecule has 1 aromatic carbocycles. The van der Waals surface area contributed by atoms with Gasteiger partial charge < -0.3 is 14.8 Å². The Hall–Kier alpha value is -1.89. The predicted molar refractivity (Wildman–Crippen MR) is 69.2 cm³/mol. The minimum absolute atomic E-state index is 0.142. The second-order valence-electron chi connectivity index (χ2n) is 3.41. The van der Waals surface area contributed by atoms with E-state index in [1.165, 1.54) is 0 Å². The van der Waals surface area contributed by atoms with E-state index in [0.717, 1.165) is 4.47 Å². The first-order valence-electron chi connectivity index (χ1n) is 5.20. The number of benzene rings is 1. The molecule has 1 aromatic heterocycles. The Kier molecular flexibility index (Phi) is 3.61. The number of ether oxygens (including phenoxy) is 1. The van der Waals surface area contributed by atoms with Crippen molar-refractivity contribution in [2.45, 2.75) is 6.92 Å². The lowest BCUT2D eigenvalue weighted by Crippen LogP contribution is -1.95. The van der Waals surface area contributed by atoms with Crippen LogP contribution >= 0.6 is 15.9 Å². The Balaban J connectivity index is 2.41. The van der Waals surface area contributed by atoms with Gasteiger partial charge in [-0.1, -0.05) is 21.0 Å². The van der Waals surface area contributed by atoms with E-state index in [9.17, 15) is 9.90 Å². The second-order valence-corrected chi connectivity index (χ2v) is 4.33. The van der Waals surface area contributed by atoms with Crippen LogP contribution in [0.2, 0.25) is 0 Å². The van der Waals surface area contributed by atoms with Crippen molar-refractivity contribution in [3.05, 3.63) is 22.7 Å². The third kappa shape index (κ3) is 2.51. The summed E-state index contributed by atoms with van der Waals surface area (Å²) in [6.45, 7) is 1.90. The van der Waals surface area contributed by atoms with Crippen LogP contribution in [-0.2, 0) is 4.74 Å². The lowest BCUT2D eigenvalue weighted by molar-refractivity contribution is 0.162. The standard InChI is InChI=1S/C11H10BrN3O3/c1-2-18-11(17)15-14-9-7-5-6(12)3-4-8(7)13-10(9)16/h3-5,13,16H,2H2,1H3. The molecule has 2 rings (SSSR count). The van der Waals surface area contributed by atoms with Crippen molar-refractivity contribution in [1.82, 2.24) is 4.98 Å². The van der Waals surface area contributed by atoms with Gasteiger partial charge in [0, 0.05) is 9.86 Å². The molecule has 94 valence electrons. The third-order valence-electron chi connectivity index (χ3n) is 2.21. The highest BCUT2D eigenvalue weighted by atomic mass is 79.9. The Morgan fingerprint density at radius 3 is 3.06 bits per heavy atom. The summed E-state index contributed by atoms with van der Waals surface area (Å²) in [6.07, 6.45) is -0.791. The van der Waals surface area contributed by atoms with E-state index in [2.05, 4.69) is 35.9 Å². The molecule has 18 heavy (non-hydrogen) atoms. The number of halogens is 1. The summed E-state index contributed by atoms with van der Waals surface area (Å²) in [6, 6.07) is 5.37. The van der Waals surface area contributed by atoms with E-state index in [0.29, 0.717) is 10.9 Å². The number of aromatic nitrogens is 1. The molecule has 6 nitrogen and oxygen atoms in total. The zero-order chi connectivity index (χ0) is 13.1. The molecule has 0 spiro atoms. The number of aromatic hydroxyl groups is 1. The van der Waals surface area contributed by atoms with E-state index in [1.807, 2.05) is 6.07 Å². The van der Waals surface area contributed by atoms with E-state index in [4.69, 9.17) is 0 Å². The first-order valence-corrected chi connectivity index (χ1v) is 5.99. The average Bonchev–Trinajstić information content (AvgIpc) is 2.62. The van der Waals surface area contributed by atoms with Crippen LogP contribution in [0.4, 0.5) is 10.5 Å². The van der Waals surface area contributed by atoms with Crippen molar-refractivity contribution in [3.8, 4) is 5.88 Å². The van der Waals surface area contributed by atoms with Crippen LogP contribution in [0.5, 0.6) is 5.88 Å². The molecule has 0 atom stereocenters. The van der Waals surface area contributed by atoms with Crippen LogP contribution in [0, 0.1) is 0 Å². The fourth-order valence-corrected chi connectivity index (χ4v) is 1.84. The van der Waals surface area contributed by atoms with Gasteiger partial charge in [-0.05, 0) is 25.1 Å². The first kappa shape index (κ1) is 12.6. The molecule has 2 N–H and O–H groups in total. The smallest absolute Gasteiger partial charge is 0.452 e. The van der Waals surface area contributed by atoms with Crippen LogP contribution in [0.3, 0.4) is 0 Å². The SMILES string of the molecule is CCOC(=O)N=Nc1c(O)[nH]c2ccc(Br)cc12. The number of hydrogen-bond acceptors (Lipinski definition) is 4. The van der Waals surface area contributed by atoms with Crippen molar-refractivity contribution in [2.24, 2.45) is 10.2 Å². The molecule has 0 saturated heterocycles. The molecule has 0 aliphatic heterocycles. The van der Waals surface area contributed by atoms with E-state index >= 15 is 0 Å². The number of H-pyrrole nitrogens is 1. The number of rotatable bonds is 2. The summed E-state index contributed by atoms with van der Waals surface area (Å²) in [5.74, 6) is -0.142. The summed E-state index contributed by atoms with van der Waals surface area (Å²) in [5.41, 5.74) is 0.910. The van der Waals surface area contributed by atoms with Crippen LogP contribution in [-0.4, -0.2) is 22.8 Å². The Bertz CT molecular complexity index is 621. The second kappa shape index (κ2) is 5.18. The number of nitrogens with one attached hydrogen (secondary N) is 1. The molecule has 0 unspecified atom stereocenters. The highest BCUT2D eigenvalue weighted by Gasteiger charge is 2.11. The minimum atomic E-state index is -0.791. The molecule has 0 saturated carbocycles. The van der Waals surface area contributed by atoms with Gasteiger partial charge >= 0.3 is 6.09 Å². The first-order chi connectivity index (χ1) is 8.61. The number of amides is 1. The fourth-order valence-electron chi connectivity index (χ4n) is 1.48. The molecule has 2 aromatic rings. The molecular weight excluding hydrogens is 302 g/mol. The maximum atomic E-state index is 11.1. The van der Waals surface area contributed by atoms with Gasteiger partial charge in [0.05, 0.1) is 12.1 Å². The van der Waals surface area contributed by atoms with Gasteiger partial charge in [0.15, 0.2) is 5.69 Å². The highest BCUT2D eigenvalue weighted by molar-refractivity contribution is 9.10. The summed E-state index contributed by atoms with van der Waals surface area (Å²) in [4.78, 5) is 13.8. The van der Waals surface area contributed by atoms with Crippen molar-refractivity contribution in [2.75, 3.05) is 6.61 Å². The normalized spacial score (nSPS) is 11.2. The van der Waals surface area contributed by atoms with Crippen LogP contribution in [0.1, 0.15) is 6.92 Å². The van der Waals surface area contributed by atoms with E-state index in [-0.39, 0.29) is 18.2 Å². The molecule has 0 aliphatic rings. The molecule has 1 amide bonds. The third-order valence-corrected chi connectivity index (χ3v) is 2.71. The predicted octanol–water partition coefficient (Wildman–Crippen LogP) is 3.88. The Labute approximate surface area is 111 Å². The number of hydrogen-bond donors (Lipinski definition) is 2. The molecule has 0 aliphatic carbocycles. The lowest BCUT2D eigenvalue weighted by atomic mass is 10.2. The van der Waals surface area contributed by atoms with Crippen molar-refractivity contribution < 1.29 is 14.6 Å². The van der Waals surface area contributed by atoms with Crippen molar-refractivity contribution >= 4 is 38.6 Å². The maximum absolute atomic E-state index is 11.1. The Morgan fingerprint density at radius 1 is 1.56 bits per heavy atom. The monoisotopic (exact) mass is 311 g/mol. The van der Waals surface area contributed by atoms with Crippen molar-refractivity contribution in [3.63, 3.8) is 0 Å². The maximum Gasteiger partial charge on any atom is 0.452 e. The number of carbonyl (C=O) groups excluding carboxylic acids is 1. The number of carbonyl (C=O) groups is 1. The van der Waals surface area contributed by atoms with Gasteiger partial charge in [0.2, 0.25) is 5.88 Å². The highest BCUT2D eigenvalue weighted by Crippen LogP contribution is 2.36. The number of aromatic amines is 1. The number of azo groups is 1. The van der Waals surface area contributed by atoms with Gasteiger partial charge in [-0.3, -0.25) is 0 Å². The van der Waals surface area contributed by atoms with E-state index in [1.54, 1.807) is 19.1 Å². The number of fused-ring (bicyclic) bond motifs is 1. The molecule has 0 bridgehead atoms. The molecule has 7 heteroatoms.